The van der Waals surface area contributed by atoms with Gasteiger partial charge in [0.25, 0.3) is 0 Å². The van der Waals surface area contributed by atoms with Gasteiger partial charge in [0.2, 0.25) is 10.0 Å². The van der Waals surface area contributed by atoms with Gasteiger partial charge in [0, 0.05) is 31.0 Å². The number of nitriles is 1. The fourth-order valence-corrected chi connectivity index (χ4v) is 4.34. The van der Waals surface area contributed by atoms with E-state index in [9.17, 15) is 8.42 Å². The number of hydrogen-bond donors (Lipinski definition) is 0. The number of pyridine rings is 1. The maximum atomic E-state index is 12.8. The minimum Gasteiger partial charge on any atom is -0.264 e. The van der Waals surface area contributed by atoms with E-state index in [1.165, 1.54) is 4.31 Å². The lowest BCUT2D eigenvalue weighted by Gasteiger charge is -2.19. The van der Waals surface area contributed by atoms with E-state index in [0.717, 1.165) is 16.7 Å². The molecule has 0 amide bonds. The van der Waals surface area contributed by atoms with Gasteiger partial charge >= 0.3 is 0 Å². The number of halogens is 1. The molecule has 0 aliphatic heterocycles. The molecule has 7 heteroatoms. The van der Waals surface area contributed by atoms with Gasteiger partial charge in [0.05, 0.1) is 17.4 Å². The number of aromatic nitrogens is 1. The third-order valence-corrected chi connectivity index (χ3v) is 6.60. The molecule has 1 aromatic heterocycles. The molecule has 1 heterocycles. The third-order valence-electron chi connectivity index (χ3n) is 4.59. The highest BCUT2D eigenvalue weighted by atomic mass is 35.5. The Morgan fingerprint density at radius 1 is 1.07 bits per heavy atom. The molecule has 0 atom stereocenters. The smallest absolute Gasteiger partial charge is 0.218 e. The summed E-state index contributed by atoms with van der Waals surface area (Å²) in [6, 6.07) is 18.1. The van der Waals surface area contributed by atoms with Crippen molar-refractivity contribution in [1.82, 2.24) is 9.29 Å². The van der Waals surface area contributed by atoms with E-state index < -0.39 is 10.0 Å². The first-order valence-corrected chi connectivity index (χ1v) is 11.0. The molecule has 0 N–H and O–H groups in total. The minimum absolute atomic E-state index is 0.111. The van der Waals surface area contributed by atoms with Crippen LogP contribution in [-0.4, -0.2) is 24.8 Å². The average molecular weight is 426 g/mol. The number of sulfonamides is 1. The summed E-state index contributed by atoms with van der Waals surface area (Å²) in [4.78, 5) is 4.19. The van der Waals surface area contributed by atoms with E-state index in [2.05, 4.69) is 11.1 Å². The summed E-state index contributed by atoms with van der Waals surface area (Å²) in [6.07, 6.45) is 4.02. The van der Waals surface area contributed by atoms with Crippen molar-refractivity contribution in [2.24, 2.45) is 0 Å². The predicted molar refractivity (Wildman–Crippen MR) is 114 cm³/mol. The largest absolute Gasteiger partial charge is 0.264 e. The maximum absolute atomic E-state index is 12.8. The summed E-state index contributed by atoms with van der Waals surface area (Å²) in [6.45, 7) is 0.247. The molecule has 29 heavy (non-hydrogen) atoms. The fraction of sp³-hybridized carbons (Fsp3) is 0.182. The van der Waals surface area contributed by atoms with E-state index in [1.807, 2.05) is 18.2 Å². The van der Waals surface area contributed by atoms with E-state index in [4.69, 9.17) is 16.9 Å². The Morgan fingerprint density at radius 3 is 2.52 bits per heavy atom. The van der Waals surface area contributed by atoms with Crippen LogP contribution in [-0.2, 0) is 28.7 Å². The summed E-state index contributed by atoms with van der Waals surface area (Å²) >= 11 is 5.97. The van der Waals surface area contributed by atoms with Gasteiger partial charge < -0.3 is 0 Å². The van der Waals surface area contributed by atoms with Crippen LogP contribution in [0.25, 0.3) is 0 Å². The molecule has 0 spiro atoms. The van der Waals surface area contributed by atoms with Gasteiger partial charge in [-0.25, -0.2) is 12.7 Å². The Balaban J connectivity index is 1.76. The van der Waals surface area contributed by atoms with Gasteiger partial charge in [-0.1, -0.05) is 35.9 Å². The maximum Gasteiger partial charge on any atom is 0.218 e. The highest BCUT2D eigenvalue weighted by molar-refractivity contribution is 7.88. The summed E-state index contributed by atoms with van der Waals surface area (Å²) in [5.74, 6) is -0.111. The van der Waals surface area contributed by atoms with Crippen LogP contribution in [0.2, 0.25) is 5.02 Å². The third kappa shape index (κ3) is 5.64. The topological polar surface area (TPSA) is 74.1 Å². The zero-order chi connectivity index (χ0) is 20.9. The molecule has 0 aliphatic carbocycles. The molecule has 3 aromatic rings. The molecular weight excluding hydrogens is 406 g/mol. The zero-order valence-corrected chi connectivity index (χ0v) is 17.5. The molecule has 0 saturated carbocycles. The molecule has 0 bridgehead atoms. The van der Waals surface area contributed by atoms with Crippen LogP contribution >= 0.6 is 11.6 Å². The SMILES string of the molecule is CN(Cc1ccncc1Cc1ccc(C#N)cc1)S(=O)(=O)Cc1cccc(Cl)c1. The standard InChI is InChI=1S/C22H20ClN3O2S/c1-26(29(27,28)16-19-3-2-4-22(23)12-19)15-20-9-10-25-14-21(20)11-17-5-7-18(13-24)8-6-17/h2-10,12,14H,11,15-16H2,1H3. The van der Waals surface area contributed by atoms with Crippen molar-refractivity contribution in [2.75, 3.05) is 7.05 Å². The minimum atomic E-state index is -3.51. The highest BCUT2D eigenvalue weighted by Crippen LogP contribution is 2.19. The fourth-order valence-electron chi connectivity index (χ4n) is 2.97. The van der Waals surface area contributed by atoms with Crippen molar-refractivity contribution < 1.29 is 8.42 Å². The van der Waals surface area contributed by atoms with Crippen molar-refractivity contribution in [1.29, 1.82) is 5.26 Å². The average Bonchev–Trinajstić information content (AvgIpc) is 2.69. The Kier molecular flexibility index (Phi) is 6.65. The first-order chi connectivity index (χ1) is 13.9. The van der Waals surface area contributed by atoms with Crippen molar-refractivity contribution >= 4 is 21.6 Å². The van der Waals surface area contributed by atoms with Crippen molar-refractivity contribution in [2.45, 2.75) is 18.7 Å². The molecule has 0 fully saturated rings. The number of nitrogens with zero attached hydrogens (tertiary/aromatic N) is 3. The van der Waals surface area contributed by atoms with Gasteiger partial charge in [0.1, 0.15) is 0 Å². The monoisotopic (exact) mass is 425 g/mol. The molecule has 5 nitrogen and oxygen atoms in total. The van der Waals surface area contributed by atoms with Gasteiger partial charge in [-0.15, -0.1) is 0 Å². The Hall–Kier alpha value is -2.72. The molecule has 3 rings (SSSR count). The van der Waals surface area contributed by atoms with E-state index in [0.29, 0.717) is 22.6 Å². The molecule has 0 aliphatic rings. The summed E-state index contributed by atoms with van der Waals surface area (Å²) < 4.78 is 26.9. The number of hydrogen-bond acceptors (Lipinski definition) is 4. The second kappa shape index (κ2) is 9.19. The first-order valence-electron chi connectivity index (χ1n) is 8.96. The first kappa shape index (κ1) is 21.0. The molecule has 0 radical (unpaired) electrons. The Labute approximate surface area is 176 Å². The lowest BCUT2D eigenvalue weighted by molar-refractivity contribution is 0.464. The van der Waals surface area contributed by atoms with Gasteiger partial charge in [-0.2, -0.15) is 5.26 Å². The van der Waals surface area contributed by atoms with Gasteiger partial charge in [-0.3, -0.25) is 4.98 Å². The van der Waals surface area contributed by atoms with Crippen molar-refractivity contribution in [3.8, 4) is 6.07 Å². The van der Waals surface area contributed by atoms with Crippen LogP contribution in [0.15, 0.2) is 67.0 Å². The summed E-state index contributed by atoms with van der Waals surface area (Å²) in [7, 11) is -1.93. The van der Waals surface area contributed by atoms with Crippen LogP contribution in [0.3, 0.4) is 0 Å². The number of rotatable bonds is 7. The zero-order valence-electron chi connectivity index (χ0n) is 15.9. The predicted octanol–water partition coefficient (Wildman–Crippen LogP) is 4.16. The van der Waals surface area contributed by atoms with Crippen LogP contribution in [0.4, 0.5) is 0 Å². The lowest BCUT2D eigenvalue weighted by Crippen LogP contribution is -2.28. The van der Waals surface area contributed by atoms with Crippen LogP contribution in [0, 0.1) is 11.3 Å². The van der Waals surface area contributed by atoms with E-state index in [-0.39, 0.29) is 12.3 Å². The molecule has 0 unspecified atom stereocenters. The van der Waals surface area contributed by atoms with Crippen LogP contribution in [0.5, 0.6) is 0 Å². The Bertz CT molecular complexity index is 1140. The summed E-state index contributed by atoms with van der Waals surface area (Å²) in [5.41, 5.74) is 4.12. The molecular formula is C22H20ClN3O2S. The molecule has 2 aromatic carbocycles. The highest BCUT2D eigenvalue weighted by Gasteiger charge is 2.20. The molecule has 148 valence electrons. The lowest BCUT2D eigenvalue weighted by atomic mass is 10.0. The second-order valence-electron chi connectivity index (χ2n) is 6.77. The number of benzene rings is 2. The van der Waals surface area contributed by atoms with Crippen LogP contribution in [0.1, 0.15) is 27.8 Å². The van der Waals surface area contributed by atoms with Gasteiger partial charge in [-0.05, 0) is 59.0 Å². The van der Waals surface area contributed by atoms with Crippen molar-refractivity contribution in [3.05, 3.63) is 99.8 Å². The van der Waals surface area contributed by atoms with Gasteiger partial charge in [0.15, 0.2) is 0 Å². The summed E-state index contributed by atoms with van der Waals surface area (Å²) in [5, 5.41) is 9.44. The molecule has 0 saturated heterocycles. The van der Waals surface area contributed by atoms with Crippen molar-refractivity contribution in [3.63, 3.8) is 0 Å². The normalized spacial score (nSPS) is 11.4. The Morgan fingerprint density at radius 2 is 1.83 bits per heavy atom. The van der Waals surface area contributed by atoms with Crippen LogP contribution < -0.4 is 0 Å². The quantitative estimate of drug-likeness (QED) is 0.569. The van der Waals surface area contributed by atoms with E-state index in [1.54, 1.807) is 55.8 Å². The van der Waals surface area contributed by atoms with E-state index >= 15 is 0 Å². The second-order valence-corrected chi connectivity index (χ2v) is 9.28.